The minimum Gasteiger partial charge on any atom is -0.457 e. The Morgan fingerprint density at radius 3 is 2.50 bits per heavy atom. The summed E-state index contributed by atoms with van der Waals surface area (Å²) in [5.74, 6) is 1.91. The average Bonchev–Trinajstić information content (AvgIpc) is 2.68. The summed E-state index contributed by atoms with van der Waals surface area (Å²) in [4.78, 5) is 16.0. The lowest BCUT2D eigenvalue weighted by atomic mass is 10.0. The van der Waals surface area contributed by atoms with Gasteiger partial charge in [-0.2, -0.15) is 0 Å². The Hall–Kier alpha value is -3.14. The van der Waals surface area contributed by atoms with Gasteiger partial charge in [-0.05, 0) is 47.4 Å². The molecule has 0 saturated carbocycles. The van der Waals surface area contributed by atoms with Gasteiger partial charge in [0.2, 0.25) is 0 Å². The highest BCUT2D eigenvalue weighted by Gasteiger charge is 2.08. The predicted octanol–water partition coefficient (Wildman–Crippen LogP) is 4.93. The van der Waals surface area contributed by atoms with Gasteiger partial charge in [-0.3, -0.25) is 9.78 Å². The van der Waals surface area contributed by atoms with Gasteiger partial charge >= 0.3 is 0 Å². The summed E-state index contributed by atoms with van der Waals surface area (Å²) in [5, 5.41) is 2.89. The molecule has 0 saturated heterocycles. The molecule has 2 aromatic carbocycles. The Bertz CT molecular complexity index is 859. The third kappa shape index (κ3) is 4.48. The molecule has 1 aromatic heterocycles. The number of nitrogens with zero attached hydrogens (tertiary/aromatic N) is 1. The van der Waals surface area contributed by atoms with Crippen LogP contribution in [-0.4, -0.2) is 10.9 Å². The van der Waals surface area contributed by atoms with E-state index < -0.39 is 0 Å². The molecule has 0 bridgehead atoms. The maximum atomic E-state index is 12.1. The van der Waals surface area contributed by atoms with E-state index in [-0.39, 0.29) is 5.91 Å². The largest absolute Gasteiger partial charge is 0.457 e. The molecule has 0 aliphatic heterocycles. The van der Waals surface area contributed by atoms with Gasteiger partial charge in [0, 0.05) is 18.9 Å². The van der Waals surface area contributed by atoms with Crippen LogP contribution in [0.4, 0.5) is 0 Å². The van der Waals surface area contributed by atoms with Crippen molar-refractivity contribution >= 4 is 5.91 Å². The van der Waals surface area contributed by atoms with E-state index in [9.17, 15) is 4.79 Å². The standard InChI is InChI=1S/C22H22N2O2/c1-16(2)20-7-3-4-8-21(20)26-19-11-9-17(10-12-19)14-24-22(25)18-6-5-13-23-15-18/h3-13,15-16H,14H2,1-2H3,(H,24,25). The summed E-state index contributed by atoms with van der Waals surface area (Å²) >= 11 is 0. The molecule has 3 aromatic rings. The first-order valence-corrected chi connectivity index (χ1v) is 8.67. The molecule has 0 aliphatic rings. The average molecular weight is 346 g/mol. The number of carbonyl (C=O) groups excluding carboxylic acids is 1. The number of aromatic nitrogens is 1. The van der Waals surface area contributed by atoms with Gasteiger partial charge in [0.05, 0.1) is 5.56 Å². The topological polar surface area (TPSA) is 51.2 Å². The number of rotatable bonds is 6. The number of hydrogen-bond acceptors (Lipinski definition) is 3. The van der Waals surface area contributed by atoms with E-state index in [1.54, 1.807) is 24.5 Å². The normalized spacial score (nSPS) is 10.6. The summed E-state index contributed by atoms with van der Waals surface area (Å²) in [5.41, 5.74) is 2.74. The molecule has 0 spiro atoms. The van der Waals surface area contributed by atoms with E-state index in [4.69, 9.17) is 4.74 Å². The van der Waals surface area contributed by atoms with Crippen molar-refractivity contribution in [1.82, 2.24) is 10.3 Å². The fourth-order valence-corrected chi connectivity index (χ4v) is 2.63. The quantitative estimate of drug-likeness (QED) is 0.689. The number of amides is 1. The SMILES string of the molecule is CC(C)c1ccccc1Oc1ccc(CNC(=O)c2cccnc2)cc1. The number of pyridine rings is 1. The van der Waals surface area contributed by atoms with E-state index >= 15 is 0 Å². The highest BCUT2D eigenvalue weighted by Crippen LogP contribution is 2.30. The van der Waals surface area contributed by atoms with Crippen LogP contribution in [0.15, 0.2) is 73.1 Å². The number of nitrogens with one attached hydrogen (secondary N) is 1. The lowest BCUT2D eigenvalue weighted by Crippen LogP contribution is -2.22. The van der Waals surface area contributed by atoms with Crippen molar-refractivity contribution in [1.29, 1.82) is 0 Å². The second-order valence-electron chi connectivity index (χ2n) is 6.36. The summed E-state index contributed by atoms with van der Waals surface area (Å²) in [7, 11) is 0. The molecular formula is C22H22N2O2. The van der Waals surface area contributed by atoms with E-state index in [1.165, 1.54) is 5.56 Å². The van der Waals surface area contributed by atoms with Gasteiger partial charge in [0.25, 0.3) is 5.91 Å². The molecule has 3 rings (SSSR count). The Kier molecular flexibility index (Phi) is 5.64. The lowest BCUT2D eigenvalue weighted by molar-refractivity contribution is 0.0950. The zero-order chi connectivity index (χ0) is 18.4. The van der Waals surface area contributed by atoms with Gasteiger partial charge in [-0.25, -0.2) is 0 Å². The molecular weight excluding hydrogens is 324 g/mol. The van der Waals surface area contributed by atoms with Gasteiger partial charge in [0.15, 0.2) is 0 Å². The van der Waals surface area contributed by atoms with Crippen LogP contribution in [0.3, 0.4) is 0 Å². The van der Waals surface area contributed by atoms with Crippen molar-refractivity contribution in [2.75, 3.05) is 0 Å². The molecule has 1 amide bonds. The van der Waals surface area contributed by atoms with Crippen molar-refractivity contribution in [3.05, 3.63) is 89.7 Å². The summed E-state index contributed by atoms with van der Waals surface area (Å²) in [6.07, 6.45) is 3.20. The second-order valence-corrected chi connectivity index (χ2v) is 6.36. The van der Waals surface area contributed by atoms with Crippen LogP contribution in [0.1, 0.15) is 41.3 Å². The maximum Gasteiger partial charge on any atom is 0.253 e. The number of para-hydroxylation sites is 1. The van der Waals surface area contributed by atoms with Crippen molar-refractivity contribution in [3.63, 3.8) is 0 Å². The van der Waals surface area contributed by atoms with Gasteiger partial charge in [0.1, 0.15) is 11.5 Å². The number of carbonyl (C=O) groups is 1. The van der Waals surface area contributed by atoms with Crippen molar-refractivity contribution in [2.24, 2.45) is 0 Å². The molecule has 0 radical (unpaired) electrons. The van der Waals surface area contributed by atoms with Crippen molar-refractivity contribution in [3.8, 4) is 11.5 Å². The number of hydrogen-bond donors (Lipinski definition) is 1. The maximum absolute atomic E-state index is 12.1. The van der Waals surface area contributed by atoms with Crippen LogP contribution in [0.2, 0.25) is 0 Å². The Morgan fingerprint density at radius 2 is 1.81 bits per heavy atom. The molecule has 0 unspecified atom stereocenters. The first-order chi connectivity index (χ1) is 12.6. The Morgan fingerprint density at radius 1 is 1.04 bits per heavy atom. The Balaban J connectivity index is 1.61. The highest BCUT2D eigenvalue weighted by atomic mass is 16.5. The van der Waals surface area contributed by atoms with Crippen LogP contribution < -0.4 is 10.1 Å². The minimum absolute atomic E-state index is 0.135. The van der Waals surface area contributed by atoms with E-state index in [0.29, 0.717) is 18.0 Å². The molecule has 0 fully saturated rings. The number of benzene rings is 2. The predicted molar refractivity (Wildman–Crippen MR) is 102 cm³/mol. The van der Waals surface area contributed by atoms with E-state index in [0.717, 1.165) is 17.1 Å². The molecule has 132 valence electrons. The molecule has 4 heteroatoms. The van der Waals surface area contributed by atoms with Crippen LogP contribution in [0, 0.1) is 0 Å². The molecule has 26 heavy (non-hydrogen) atoms. The fourth-order valence-electron chi connectivity index (χ4n) is 2.63. The lowest BCUT2D eigenvalue weighted by Gasteiger charge is -2.14. The van der Waals surface area contributed by atoms with Gasteiger partial charge in [-0.15, -0.1) is 0 Å². The first-order valence-electron chi connectivity index (χ1n) is 8.67. The smallest absolute Gasteiger partial charge is 0.253 e. The van der Waals surface area contributed by atoms with E-state index in [2.05, 4.69) is 30.2 Å². The van der Waals surface area contributed by atoms with Crippen molar-refractivity contribution < 1.29 is 9.53 Å². The zero-order valence-electron chi connectivity index (χ0n) is 15.0. The second kappa shape index (κ2) is 8.30. The Labute approximate surface area is 153 Å². The molecule has 1 N–H and O–H groups in total. The third-order valence-electron chi connectivity index (χ3n) is 4.07. The van der Waals surface area contributed by atoms with E-state index in [1.807, 2.05) is 42.5 Å². The van der Waals surface area contributed by atoms with Gasteiger partial charge in [-0.1, -0.05) is 44.2 Å². The fraction of sp³-hybridized carbons (Fsp3) is 0.182. The van der Waals surface area contributed by atoms with Crippen LogP contribution in [0.5, 0.6) is 11.5 Å². The molecule has 1 heterocycles. The highest BCUT2D eigenvalue weighted by molar-refractivity contribution is 5.93. The van der Waals surface area contributed by atoms with Crippen LogP contribution in [0.25, 0.3) is 0 Å². The van der Waals surface area contributed by atoms with Gasteiger partial charge < -0.3 is 10.1 Å². The zero-order valence-corrected chi connectivity index (χ0v) is 15.0. The number of ether oxygens (including phenoxy) is 1. The minimum atomic E-state index is -0.135. The first kappa shape index (κ1) is 17.7. The molecule has 0 atom stereocenters. The van der Waals surface area contributed by atoms with Crippen LogP contribution >= 0.6 is 0 Å². The summed E-state index contributed by atoms with van der Waals surface area (Å²) in [6.45, 7) is 4.75. The summed E-state index contributed by atoms with van der Waals surface area (Å²) in [6, 6.07) is 19.3. The third-order valence-corrected chi connectivity index (χ3v) is 4.07. The van der Waals surface area contributed by atoms with Crippen LogP contribution in [-0.2, 0) is 6.54 Å². The summed E-state index contributed by atoms with van der Waals surface area (Å²) < 4.78 is 6.03. The van der Waals surface area contributed by atoms with Crippen molar-refractivity contribution in [2.45, 2.75) is 26.3 Å². The molecule has 0 aliphatic carbocycles. The molecule has 4 nitrogen and oxygen atoms in total. The monoisotopic (exact) mass is 346 g/mol.